The third-order valence-electron chi connectivity index (χ3n) is 4.85. The van der Waals surface area contributed by atoms with Crippen LogP contribution in [0.5, 0.6) is 0 Å². The monoisotopic (exact) mass is 328 g/mol. The van der Waals surface area contributed by atoms with E-state index in [1.807, 2.05) is 0 Å². The SMILES string of the molecule is Cc1ccc(CN[C@@H]2CCCC[C@@H]2n2cc(C(=O)O)nn2)c(C)c1. The van der Waals surface area contributed by atoms with Crippen LogP contribution in [-0.2, 0) is 6.54 Å². The van der Waals surface area contributed by atoms with Gasteiger partial charge < -0.3 is 10.4 Å². The third-order valence-corrected chi connectivity index (χ3v) is 4.85. The number of aryl methyl sites for hydroxylation is 2. The molecule has 0 radical (unpaired) electrons. The number of carbonyl (C=O) groups is 1. The van der Waals surface area contributed by atoms with Gasteiger partial charge in [-0.3, -0.25) is 0 Å². The van der Waals surface area contributed by atoms with E-state index in [1.165, 1.54) is 23.1 Å². The lowest BCUT2D eigenvalue weighted by atomic mass is 9.90. The zero-order valence-electron chi connectivity index (χ0n) is 14.2. The highest BCUT2D eigenvalue weighted by Gasteiger charge is 2.28. The van der Waals surface area contributed by atoms with Gasteiger partial charge in [0.1, 0.15) is 0 Å². The van der Waals surface area contributed by atoms with Gasteiger partial charge in [-0.2, -0.15) is 0 Å². The quantitative estimate of drug-likeness (QED) is 0.882. The highest BCUT2D eigenvalue weighted by molar-refractivity contribution is 5.84. The van der Waals surface area contributed by atoms with Crippen molar-refractivity contribution >= 4 is 5.97 Å². The Hall–Kier alpha value is -2.21. The first kappa shape index (κ1) is 16.6. The summed E-state index contributed by atoms with van der Waals surface area (Å²) in [7, 11) is 0. The second kappa shape index (κ2) is 7.13. The molecule has 0 saturated heterocycles. The van der Waals surface area contributed by atoms with Crippen LogP contribution in [0.25, 0.3) is 0 Å². The van der Waals surface area contributed by atoms with E-state index in [4.69, 9.17) is 5.11 Å². The normalized spacial score (nSPS) is 20.9. The van der Waals surface area contributed by atoms with E-state index in [9.17, 15) is 4.79 Å². The number of aromatic nitrogens is 3. The first-order chi connectivity index (χ1) is 11.5. The van der Waals surface area contributed by atoms with E-state index in [0.717, 1.165) is 25.8 Å². The van der Waals surface area contributed by atoms with E-state index < -0.39 is 5.97 Å². The summed E-state index contributed by atoms with van der Waals surface area (Å²) in [5.74, 6) is -1.03. The molecule has 6 nitrogen and oxygen atoms in total. The highest BCUT2D eigenvalue weighted by Crippen LogP contribution is 2.28. The predicted molar refractivity (Wildman–Crippen MR) is 91.0 cm³/mol. The minimum absolute atomic E-state index is 0.00806. The van der Waals surface area contributed by atoms with Crippen molar-refractivity contribution in [1.82, 2.24) is 20.3 Å². The Bertz CT molecular complexity index is 726. The van der Waals surface area contributed by atoms with Crippen LogP contribution in [0.3, 0.4) is 0 Å². The predicted octanol–water partition coefficient (Wildman–Crippen LogP) is 2.87. The third kappa shape index (κ3) is 3.64. The van der Waals surface area contributed by atoms with Gasteiger partial charge in [-0.15, -0.1) is 5.10 Å². The maximum absolute atomic E-state index is 11.0. The molecule has 1 aromatic heterocycles. The Labute approximate surface area is 141 Å². The van der Waals surface area contributed by atoms with E-state index in [-0.39, 0.29) is 17.8 Å². The summed E-state index contributed by atoms with van der Waals surface area (Å²) < 4.78 is 1.72. The van der Waals surface area contributed by atoms with Gasteiger partial charge in [0.05, 0.1) is 12.2 Å². The molecular weight excluding hydrogens is 304 g/mol. The number of benzene rings is 1. The maximum atomic E-state index is 11.0. The fourth-order valence-electron chi connectivity index (χ4n) is 3.49. The maximum Gasteiger partial charge on any atom is 0.358 e. The van der Waals surface area contributed by atoms with Gasteiger partial charge in [-0.25, -0.2) is 9.48 Å². The smallest absolute Gasteiger partial charge is 0.358 e. The Morgan fingerprint density at radius 3 is 2.83 bits per heavy atom. The fraction of sp³-hybridized carbons (Fsp3) is 0.500. The summed E-state index contributed by atoms with van der Waals surface area (Å²) in [6.45, 7) is 5.05. The number of aromatic carboxylic acids is 1. The van der Waals surface area contributed by atoms with Crippen molar-refractivity contribution in [3.8, 4) is 0 Å². The molecule has 0 spiro atoms. The highest BCUT2D eigenvalue weighted by atomic mass is 16.4. The van der Waals surface area contributed by atoms with E-state index >= 15 is 0 Å². The first-order valence-electron chi connectivity index (χ1n) is 8.49. The molecule has 1 aliphatic carbocycles. The van der Waals surface area contributed by atoms with Gasteiger partial charge in [0.15, 0.2) is 5.69 Å². The van der Waals surface area contributed by atoms with Crippen molar-refractivity contribution in [3.05, 3.63) is 46.8 Å². The lowest BCUT2D eigenvalue weighted by Gasteiger charge is -2.32. The molecule has 1 aliphatic rings. The number of rotatable bonds is 5. The largest absolute Gasteiger partial charge is 0.476 e. The summed E-state index contributed by atoms with van der Waals surface area (Å²) in [5, 5.41) is 20.5. The Kier molecular flexibility index (Phi) is 4.94. The molecule has 2 atom stereocenters. The first-order valence-corrected chi connectivity index (χ1v) is 8.49. The standard InChI is InChI=1S/C18H24N4O2/c1-12-7-8-14(13(2)9-12)10-19-15-5-3-4-6-17(15)22-11-16(18(23)24)20-21-22/h7-9,11,15,17,19H,3-6,10H2,1-2H3,(H,23,24)/t15-,17+/m1/s1. The summed E-state index contributed by atoms with van der Waals surface area (Å²) in [6.07, 6.45) is 5.92. The van der Waals surface area contributed by atoms with Crippen LogP contribution in [0.15, 0.2) is 24.4 Å². The minimum atomic E-state index is -1.03. The summed E-state index contributed by atoms with van der Waals surface area (Å²) in [6, 6.07) is 6.95. The van der Waals surface area contributed by atoms with Crippen LogP contribution in [0, 0.1) is 13.8 Å². The summed E-state index contributed by atoms with van der Waals surface area (Å²) in [4.78, 5) is 11.0. The van der Waals surface area contributed by atoms with Gasteiger partial charge in [0.2, 0.25) is 0 Å². The van der Waals surface area contributed by atoms with Crippen molar-refractivity contribution < 1.29 is 9.90 Å². The molecule has 2 aromatic rings. The lowest BCUT2D eigenvalue weighted by molar-refractivity contribution is 0.0690. The van der Waals surface area contributed by atoms with Crippen molar-refractivity contribution in [2.45, 2.75) is 58.2 Å². The number of carboxylic acid groups (broad SMARTS) is 1. The minimum Gasteiger partial charge on any atom is -0.476 e. The van der Waals surface area contributed by atoms with Gasteiger partial charge in [-0.1, -0.05) is 41.8 Å². The van der Waals surface area contributed by atoms with Crippen LogP contribution in [0.4, 0.5) is 0 Å². The topological polar surface area (TPSA) is 80.0 Å². The molecule has 0 bridgehead atoms. The van der Waals surface area contributed by atoms with E-state index in [0.29, 0.717) is 0 Å². The molecule has 0 amide bonds. The zero-order valence-corrected chi connectivity index (χ0v) is 14.2. The average Bonchev–Trinajstić information content (AvgIpc) is 3.04. The van der Waals surface area contributed by atoms with Gasteiger partial charge >= 0.3 is 5.97 Å². The molecule has 1 heterocycles. The van der Waals surface area contributed by atoms with Crippen LogP contribution in [0.1, 0.15) is 58.9 Å². The Balaban J connectivity index is 1.71. The van der Waals surface area contributed by atoms with Crippen molar-refractivity contribution in [2.75, 3.05) is 0 Å². The fourth-order valence-corrected chi connectivity index (χ4v) is 3.49. The van der Waals surface area contributed by atoms with Gasteiger partial charge in [0, 0.05) is 12.6 Å². The van der Waals surface area contributed by atoms with Gasteiger partial charge in [0.25, 0.3) is 0 Å². The second-order valence-corrected chi connectivity index (χ2v) is 6.66. The zero-order chi connectivity index (χ0) is 17.1. The van der Waals surface area contributed by atoms with E-state index in [2.05, 4.69) is 47.7 Å². The van der Waals surface area contributed by atoms with Gasteiger partial charge in [-0.05, 0) is 37.8 Å². The molecule has 1 aromatic carbocycles. The molecule has 6 heteroatoms. The Morgan fingerprint density at radius 1 is 1.33 bits per heavy atom. The average molecular weight is 328 g/mol. The molecule has 1 fully saturated rings. The van der Waals surface area contributed by atoms with Crippen LogP contribution >= 0.6 is 0 Å². The molecule has 128 valence electrons. The molecule has 24 heavy (non-hydrogen) atoms. The van der Waals surface area contributed by atoms with Crippen LogP contribution in [0.2, 0.25) is 0 Å². The molecule has 0 unspecified atom stereocenters. The molecule has 1 saturated carbocycles. The second-order valence-electron chi connectivity index (χ2n) is 6.66. The Morgan fingerprint density at radius 2 is 2.12 bits per heavy atom. The van der Waals surface area contributed by atoms with Crippen molar-refractivity contribution in [3.63, 3.8) is 0 Å². The number of nitrogens with one attached hydrogen (secondary N) is 1. The van der Waals surface area contributed by atoms with Crippen molar-refractivity contribution in [1.29, 1.82) is 0 Å². The molecule has 2 N–H and O–H groups in total. The van der Waals surface area contributed by atoms with Crippen LogP contribution < -0.4 is 5.32 Å². The molecular formula is C18H24N4O2. The number of carboxylic acids is 1. The van der Waals surface area contributed by atoms with Crippen LogP contribution in [-0.4, -0.2) is 32.1 Å². The van der Waals surface area contributed by atoms with Crippen molar-refractivity contribution in [2.24, 2.45) is 0 Å². The van der Waals surface area contributed by atoms with E-state index in [1.54, 1.807) is 10.9 Å². The number of hydrogen-bond donors (Lipinski definition) is 2. The molecule has 3 rings (SSSR count). The summed E-state index contributed by atoms with van der Waals surface area (Å²) >= 11 is 0. The number of hydrogen-bond acceptors (Lipinski definition) is 4. The molecule has 0 aliphatic heterocycles. The summed E-state index contributed by atoms with van der Waals surface area (Å²) in [5.41, 5.74) is 3.88. The number of nitrogens with zero attached hydrogens (tertiary/aromatic N) is 3. The lowest BCUT2D eigenvalue weighted by Crippen LogP contribution is -2.39.